The first kappa shape index (κ1) is 31.5. The fraction of sp³-hybridized carbons (Fsp3) is 0. The van der Waals surface area contributed by atoms with Crippen LogP contribution in [0.3, 0.4) is 0 Å². The van der Waals surface area contributed by atoms with Crippen molar-refractivity contribution in [1.82, 2.24) is 24.5 Å². The van der Waals surface area contributed by atoms with Crippen LogP contribution in [0.4, 0.5) is 0 Å². The van der Waals surface area contributed by atoms with E-state index in [1.165, 1.54) is 10.8 Å². The fourth-order valence-electron chi connectivity index (χ4n) is 8.23. The van der Waals surface area contributed by atoms with Crippen LogP contribution in [0.2, 0.25) is 0 Å². The maximum absolute atomic E-state index is 6.46. The van der Waals surface area contributed by atoms with E-state index in [9.17, 15) is 0 Å². The Bertz CT molecular complexity index is 3510. The molecular formula is C50H29N5O2. The highest BCUT2D eigenvalue weighted by atomic mass is 16.4. The minimum Gasteiger partial charge on any atom is -0.456 e. The van der Waals surface area contributed by atoms with Crippen LogP contribution >= 0.6 is 0 Å². The van der Waals surface area contributed by atoms with Crippen molar-refractivity contribution in [2.75, 3.05) is 0 Å². The molecule has 0 aliphatic heterocycles. The molecule has 0 bridgehead atoms. The molecule has 8 aromatic carbocycles. The summed E-state index contributed by atoms with van der Waals surface area (Å²) in [6, 6.07) is 60.0. The van der Waals surface area contributed by atoms with Gasteiger partial charge in [-0.25, -0.2) is 19.9 Å². The third kappa shape index (κ3) is 4.99. The lowest BCUT2D eigenvalue weighted by Crippen LogP contribution is -2.00. The van der Waals surface area contributed by atoms with Crippen molar-refractivity contribution in [2.24, 2.45) is 0 Å². The van der Waals surface area contributed by atoms with Gasteiger partial charge >= 0.3 is 0 Å². The minimum absolute atomic E-state index is 0.579. The molecule has 0 radical (unpaired) electrons. The van der Waals surface area contributed by atoms with Gasteiger partial charge in [-0.05, 0) is 71.4 Å². The number of nitrogens with zero attached hydrogens (tertiary/aromatic N) is 5. The zero-order chi connectivity index (χ0) is 37.5. The first-order valence-corrected chi connectivity index (χ1v) is 18.9. The largest absolute Gasteiger partial charge is 0.456 e. The summed E-state index contributed by atoms with van der Waals surface area (Å²) in [6.45, 7) is 0. The molecule has 57 heavy (non-hydrogen) atoms. The summed E-state index contributed by atoms with van der Waals surface area (Å²) in [5, 5.41) is 6.32. The van der Waals surface area contributed by atoms with E-state index in [-0.39, 0.29) is 0 Å². The minimum atomic E-state index is 0.579. The predicted molar refractivity (Wildman–Crippen MR) is 228 cm³/mol. The summed E-state index contributed by atoms with van der Waals surface area (Å²) >= 11 is 0. The van der Waals surface area contributed by atoms with Crippen molar-refractivity contribution in [3.63, 3.8) is 0 Å². The Morgan fingerprint density at radius 3 is 1.75 bits per heavy atom. The van der Waals surface area contributed by atoms with E-state index in [4.69, 9.17) is 28.8 Å². The number of fused-ring (bicyclic) bond motifs is 10. The molecule has 0 atom stereocenters. The molecule has 7 heteroatoms. The molecule has 266 valence electrons. The van der Waals surface area contributed by atoms with E-state index in [0.717, 1.165) is 77.2 Å². The summed E-state index contributed by atoms with van der Waals surface area (Å²) < 4.78 is 15.2. The number of rotatable bonds is 5. The molecule has 0 fully saturated rings. The molecule has 0 saturated heterocycles. The van der Waals surface area contributed by atoms with Gasteiger partial charge < -0.3 is 13.4 Å². The lowest BCUT2D eigenvalue weighted by atomic mass is 10.0. The van der Waals surface area contributed by atoms with Gasteiger partial charge in [-0.2, -0.15) is 0 Å². The van der Waals surface area contributed by atoms with Crippen LogP contribution in [-0.4, -0.2) is 24.5 Å². The van der Waals surface area contributed by atoms with Crippen LogP contribution in [-0.2, 0) is 0 Å². The average molecular weight is 732 g/mol. The summed E-state index contributed by atoms with van der Waals surface area (Å²) in [5.74, 6) is 2.38. The van der Waals surface area contributed by atoms with Gasteiger partial charge in [0.25, 0.3) is 0 Å². The van der Waals surface area contributed by atoms with Gasteiger partial charge in [-0.15, -0.1) is 0 Å². The van der Waals surface area contributed by atoms with Gasteiger partial charge in [-0.3, -0.25) is 0 Å². The topological polar surface area (TPSA) is 82.8 Å². The molecule has 0 saturated carbocycles. The van der Waals surface area contributed by atoms with E-state index in [2.05, 4.69) is 95.6 Å². The van der Waals surface area contributed by atoms with Gasteiger partial charge in [0.1, 0.15) is 16.7 Å². The van der Waals surface area contributed by atoms with Crippen molar-refractivity contribution >= 4 is 65.6 Å². The molecule has 4 heterocycles. The number of aromatic nitrogens is 5. The van der Waals surface area contributed by atoms with E-state index < -0.39 is 0 Å². The first-order chi connectivity index (χ1) is 28.2. The lowest BCUT2D eigenvalue weighted by Gasteiger charge is -2.11. The zero-order valence-corrected chi connectivity index (χ0v) is 30.3. The number of oxazole rings is 1. The van der Waals surface area contributed by atoms with Gasteiger partial charge in [0.05, 0.1) is 16.4 Å². The molecule has 12 aromatic rings. The predicted octanol–water partition coefficient (Wildman–Crippen LogP) is 12.8. The highest BCUT2D eigenvalue weighted by Gasteiger charge is 2.20. The molecule has 0 aliphatic rings. The standard InChI is InChI=1S/C50H29N5O2/c1-4-12-30(13-5-1)47-52-48(54-49(53-47)34-21-24-38-37-18-10-11-19-40(37)55(41(38)29-34)35-16-8-3-9-17-35)33-20-23-36-32(28-33)22-26-42-44(36)45-43(56-42)27-25-39-46(45)57-50(51-39)31-14-6-2-7-15-31/h1-29H. The third-order valence-electron chi connectivity index (χ3n) is 10.9. The van der Waals surface area contributed by atoms with Crippen LogP contribution in [0.1, 0.15) is 0 Å². The van der Waals surface area contributed by atoms with Crippen LogP contribution < -0.4 is 0 Å². The monoisotopic (exact) mass is 731 g/mol. The van der Waals surface area contributed by atoms with E-state index in [1.54, 1.807) is 0 Å². The van der Waals surface area contributed by atoms with Crippen LogP contribution in [0.5, 0.6) is 0 Å². The summed E-state index contributed by atoms with van der Waals surface area (Å²) in [5.41, 5.74) is 9.98. The Morgan fingerprint density at radius 2 is 0.982 bits per heavy atom. The number of hydrogen-bond acceptors (Lipinski definition) is 6. The van der Waals surface area contributed by atoms with Crippen molar-refractivity contribution in [1.29, 1.82) is 0 Å². The van der Waals surface area contributed by atoms with E-state index in [1.807, 2.05) is 84.9 Å². The molecule has 4 aromatic heterocycles. The summed E-state index contributed by atoms with van der Waals surface area (Å²) in [6.07, 6.45) is 0. The lowest BCUT2D eigenvalue weighted by molar-refractivity contribution is 0.622. The molecule has 12 rings (SSSR count). The number of benzene rings is 8. The van der Waals surface area contributed by atoms with Crippen LogP contribution in [0.15, 0.2) is 185 Å². The SMILES string of the molecule is c1ccc(-c2nc(-c3ccc4c(ccc5oc6ccc7nc(-c8ccccc8)oc7c6c54)c3)nc(-c3ccc4c5ccccc5n(-c5ccccc5)c4c3)n2)cc1. The molecule has 0 aliphatic carbocycles. The molecule has 0 amide bonds. The van der Waals surface area contributed by atoms with Crippen LogP contribution in [0, 0.1) is 0 Å². The Labute approximate surface area is 325 Å². The first-order valence-electron chi connectivity index (χ1n) is 18.9. The fourth-order valence-corrected chi connectivity index (χ4v) is 8.23. The third-order valence-corrected chi connectivity index (χ3v) is 10.9. The second-order valence-electron chi connectivity index (χ2n) is 14.2. The van der Waals surface area contributed by atoms with E-state index >= 15 is 0 Å². The summed E-state index contributed by atoms with van der Waals surface area (Å²) in [7, 11) is 0. The maximum Gasteiger partial charge on any atom is 0.227 e. The van der Waals surface area contributed by atoms with E-state index in [0.29, 0.717) is 28.9 Å². The Kier molecular flexibility index (Phi) is 6.79. The maximum atomic E-state index is 6.46. The molecular weight excluding hydrogens is 703 g/mol. The molecule has 0 spiro atoms. The Balaban J connectivity index is 1.04. The second-order valence-corrected chi connectivity index (χ2v) is 14.2. The molecule has 0 unspecified atom stereocenters. The Hall–Kier alpha value is -7.90. The molecule has 7 nitrogen and oxygen atoms in total. The van der Waals surface area contributed by atoms with Gasteiger partial charge in [0, 0.05) is 44.1 Å². The van der Waals surface area contributed by atoms with Crippen molar-refractivity contribution < 1.29 is 8.83 Å². The summed E-state index contributed by atoms with van der Waals surface area (Å²) in [4.78, 5) is 20.2. The van der Waals surface area contributed by atoms with Gasteiger partial charge in [0.15, 0.2) is 23.1 Å². The highest BCUT2D eigenvalue weighted by molar-refractivity contribution is 6.25. The quantitative estimate of drug-likeness (QED) is 0.175. The highest BCUT2D eigenvalue weighted by Crippen LogP contribution is 2.41. The normalized spacial score (nSPS) is 11.9. The van der Waals surface area contributed by atoms with Crippen LogP contribution in [0.25, 0.3) is 117 Å². The smallest absolute Gasteiger partial charge is 0.227 e. The molecule has 0 N–H and O–H groups in total. The number of para-hydroxylation sites is 2. The number of furan rings is 1. The second kappa shape index (κ2) is 12.3. The van der Waals surface area contributed by atoms with Crippen molar-refractivity contribution in [3.8, 4) is 51.3 Å². The van der Waals surface area contributed by atoms with Gasteiger partial charge in [0.2, 0.25) is 5.89 Å². The van der Waals surface area contributed by atoms with Crippen molar-refractivity contribution in [3.05, 3.63) is 176 Å². The van der Waals surface area contributed by atoms with Gasteiger partial charge in [-0.1, -0.05) is 115 Å². The van der Waals surface area contributed by atoms with Crippen molar-refractivity contribution in [2.45, 2.75) is 0 Å². The zero-order valence-electron chi connectivity index (χ0n) is 30.3. The Morgan fingerprint density at radius 1 is 0.386 bits per heavy atom. The average Bonchev–Trinajstić information content (AvgIpc) is 3.99. The number of hydrogen-bond donors (Lipinski definition) is 0.